The van der Waals surface area contributed by atoms with Crippen molar-refractivity contribution < 1.29 is 0 Å². The van der Waals surface area contributed by atoms with Gasteiger partial charge in [-0.25, -0.2) is 9.97 Å². The zero-order chi connectivity index (χ0) is 9.10. The standard InChI is InChI=1S/C10H15N3/c1-11-4-8-2-3-10(8)9-5-12-7-13-6-9/h5-8,10-11H,2-4H2,1H3. The fourth-order valence-electron chi connectivity index (χ4n) is 2.02. The molecule has 0 bridgehead atoms. The second-order valence-electron chi connectivity index (χ2n) is 3.67. The molecule has 2 atom stereocenters. The Morgan fingerprint density at radius 1 is 1.38 bits per heavy atom. The Morgan fingerprint density at radius 2 is 2.15 bits per heavy atom. The summed E-state index contributed by atoms with van der Waals surface area (Å²) >= 11 is 0. The molecule has 0 spiro atoms. The molecule has 13 heavy (non-hydrogen) atoms. The van der Waals surface area contributed by atoms with E-state index in [0.717, 1.165) is 12.5 Å². The maximum atomic E-state index is 4.05. The Kier molecular flexibility index (Phi) is 2.54. The predicted molar refractivity (Wildman–Crippen MR) is 51.4 cm³/mol. The van der Waals surface area contributed by atoms with Crippen LogP contribution in [0, 0.1) is 5.92 Å². The van der Waals surface area contributed by atoms with Gasteiger partial charge in [0, 0.05) is 12.4 Å². The molecule has 1 aliphatic rings. The van der Waals surface area contributed by atoms with Crippen molar-refractivity contribution >= 4 is 0 Å². The lowest BCUT2D eigenvalue weighted by Crippen LogP contribution is -2.32. The van der Waals surface area contributed by atoms with Gasteiger partial charge in [-0.3, -0.25) is 0 Å². The van der Waals surface area contributed by atoms with Crippen LogP contribution in [0.3, 0.4) is 0 Å². The van der Waals surface area contributed by atoms with Gasteiger partial charge in [0.15, 0.2) is 0 Å². The number of nitrogens with one attached hydrogen (secondary N) is 1. The first-order valence-electron chi connectivity index (χ1n) is 4.81. The van der Waals surface area contributed by atoms with Crippen LogP contribution in [0.1, 0.15) is 24.3 Å². The number of hydrogen-bond donors (Lipinski definition) is 1. The van der Waals surface area contributed by atoms with Crippen LogP contribution < -0.4 is 5.32 Å². The van der Waals surface area contributed by atoms with Gasteiger partial charge in [-0.05, 0) is 43.8 Å². The lowest BCUT2D eigenvalue weighted by atomic mass is 9.70. The maximum Gasteiger partial charge on any atom is 0.115 e. The second kappa shape index (κ2) is 3.83. The Morgan fingerprint density at radius 3 is 2.69 bits per heavy atom. The minimum absolute atomic E-state index is 0.689. The van der Waals surface area contributed by atoms with Gasteiger partial charge in [-0.1, -0.05) is 0 Å². The first kappa shape index (κ1) is 8.63. The molecule has 0 saturated heterocycles. The van der Waals surface area contributed by atoms with Gasteiger partial charge < -0.3 is 5.32 Å². The van der Waals surface area contributed by atoms with E-state index in [1.54, 1.807) is 6.33 Å². The molecule has 0 radical (unpaired) electrons. The van der Waals surface area contributed by atoms with Crippen LogP contribution in [0.2, 0.25) is 0 Å². The third kappa shape index (κ3) is 1.70. The minimum atomic E-state index is 0.689. The quantitative estimate of drug-likeness (QED) is 0.753. The van der Waals surface area contributed by atoms with Gasteiger partial charge in [0.25, 0.3) is 0 Å². The van der Waals surface area contributed by atoms with Crippen molar-refractivity contribution in [2.24, 2.45) is 5.92 Å². The van der Waals surface area contributed by atoms with Gasteiger partial charge in [0.1, 0.15) is 6.33 Å². The summed E-state index contributed by atoms with van der Waals surface area (Å²) < 4.78 is 0. The highest BCUT2D eigenvalue weighted by molar-refractivity contribution is 5.15. The van der Waals surface area contributed by atoms with Crippen LogP contribution in [0.15, 0.2) is 18.7 Å². The summed E-state index contributed by atoms with van der Waals surface area (Å²) in [6.07, 6.45) is 8.11. The Bertz CT molecular complexity index is 260. The molecule has 3 nitrogen and oxygen atoms in total. The van der Waals surface area contributed by atoms with Crippen molar-refractivity contribution in [3.8, 4) is 0 Å². The Labute approximate surface area is 78.6 Å². The summed E-state index contributed by atoms with van der Waals surface area (Å²) in [6, 6.07) is 0. The molecule has 1 aliphatic carbocycles. The van der Waals surface area contributed by atoms with Gasteiger partial charge in [-0.15, -0.1) is 0 Å². The number of hydrogen-bond acceptors (Lipinski definition) is 3. The number of rotatable bonds is 3. The number of nitrogens with zero attached hydrogens (tertiary/aromatic N) is 2. The average Bonchev–Trinajstić information content (AvgIpc) is 2.14. The first-order valence-corrected chi connectivity index (χ1v) is 4.81. The van der Waals surface area contributed by atoms with Gasteiger partial charge in [-0.2, -0.15) is 0 Å². The lowest BCUT2D eigenvalue weighted by Gasteiger charge is -2.36. The molecule has 0 aliphatic heterocycles. The van der Waals surface area contributed by atoms with E-state index in [1.165, 1.54) is 18.4 Å². The molecular weight excluding hydrogens is 162 g/mol. The van der Waals surface area contributed by atoms with Crippen LogP contribution in [0.25, 0.3) is 0 Å². The molecule has 1 aromatic rings. The third-order valence-electron chi connectivity index (χ3n) is 2.89. The molecule has 1 aromatic heterocycles. The fourth-order valence-corrected chi connectivity index (χ4v) is 2.02. The van der Waals surface area contributed by atoms with E-state index in [2.05, 4.69) is 15.3 Å². The molecule has 3 heteroatoms. The molecule has 1 heterocycles. The highest BCUT2D eigenvalue weighted by atomic mass is 14.8. The van der Waals surface area contributed by atoms with Crippen LogP contribution in [-0.2, 0) is 0 Å². The van der Waals surface area contributed by atoms with Gasteiger partial charge in [0.05, 0.1) is 0 Å². The van der Waals surface area contributed by atoms with Crippen LogP contribution >= 0.6 is 0 Å². The van der Waals surface area contributed by atoms with Crippen molar-refractivity contribution in [2.45, 2.75) is 18.8 Å². The van der Waals surface area contributed by atoms with E-state index in [0.29, 0.717) is 5.92 Å². The molecule has 2 rings (SSSR count). The fraction of sp³-hybridized carbons (Fsp3) is 0.600. The second-order valence-corrected chi connectivity index (χ2v) is 3.67. The van der Waals surface area contributed by atoms with Crippen molar-refractivity contribution in [3.63, 3.8) is 0 Å². The van der Waals surface area contributed by atoms with E-state index in [-0.39, 0.29) is 0 Å². The summed E-state index contributed by atoms with van der Waals surface area (Å²) in [6.45, 7) is 1.11. The van der Waals surface area contributed by atoms with E-state index in [9.17, 15) is 0 Å². The van der Waals surface area contributed by atoms with E-state index < -0.39 is 0 Å². The highest BCUT2D eigenvalue weighted by Gasteiger charge is 2.31. The molecule has 0 amide bonds. The van der Waals surface area contributed by atoms with Gasteiger partial charge in [0.2, 0.25) is 0 Å². The Hall–Kier alpha value is -0.960. The topological polar surface area (TPSA) is 37.8 Å². The van der Waals surface area contributed by atoms with Crippen molar-refractivity contribution in [1.29, 1.82) is 0 Å². The SMILES string of the molecule is CNCC1CCC1c1cncnc1. The van der Waals surface area contributed by atoms with E-state index in [1.807, 2.05) is 19.4 Å². The van der Waals surface area contributed by atoms with E-state index in [4.69, 9.17) is 0 Å². The summed E-state index contributed by atoms with van der Waals surface area (Å²) in [5, 5.41) is 3.23. The molecule has 2 unspecified atom stereocenters. The summed E-state index contributed by atoms with van der Waals surface area (Å²) in [5.74, 6) is 1.48. The minimum Gasteiger partial charge on any atom is -0.319 e. The highest BCUT2D eigenvalue weighted by Crippen LogP contribution is 2.41. The predicted octanol–water partition coefficient (Wildman–Crippen LogP) is 1.19. The summed E-state index contributed by atoms with van der Waals surface area (Å²) in [4.78, 5) is 8.10. The van der Waals surface area contributed by atoms with Crippen molar-refractivity contribution in [3.05, 3.63) is 24.3 Å². The van der Waals surface area contributed by atoms with Crippen LogP contribution in [0.5, 0.6) is 0 Å². The zero-order valence-corrected chi connectivity index (χ0v) is 7.90. The molecule has 0 aromatic carbocycles. The van der Waals surface area contributed by atoms with Crippen LogP contribution in [-0.4, -0.2) is 23.6 Å². The lowest BCUT2D eigenvalue weighted by molar-refractivity contribution is 0.250. The van der Waals surface area contributed by atoms with Crippen LogP contribution in [0.4, 0.5) is 0 Å². The summed E-state index contributed by atoms with van der Waals surface area (Å²) in [7, 11) is 2.01. The molecular formula is C10H15N3. The molecule has 1 fully saturated rings. The first-order chi connectivity index (χ1) is 6.42. The largest absolute Gasteiger partial charge is 0.319 e. The molecule has 70 valence electrons. The van der Waals surface area contributed by atoms with Crippen molar-refractivity contribution in [2.75, 3.05) is 13.6 Å². The van der Waals surface area contributed by atoms with Crippen molar-refractivity contribution in [1.82, 2.24) is 15.3 Å². The third-order valence-corrected chi connectivity index (χ3v) is 2.89. The van der Waals surface area contributed by atoms with Gasteiger partial charge >= 0.3 is 0 Å². The Balaban J connectivity index is 2.02. The molecule has 1 saturated carbocycles. The smallest absolute Gasteiger partial charge is 0.115 e. The molecule has 1 N–H and O–H groups in total. The van der Waals surface area contributed by atoms with E-state index >= 15 is 0 Å². The normalized spacial score (nSPS) is 26.8. The monoisotopic (exact) mass is 177 g/mol. The summed E-state index contributed by atoms with van der Waals surface area (Å²) in [5.41, 5.74) is 1.30. The number of aromatic nitrogens is 2. The maximum absolute atomic E-state index is 4.05. The average molecular weight is 177 g/mol. The zero-order valence-electron chi connectivity index (χ0n) is 7.90.